The van der Waals surface area contributed by atoms with Gasteiger partial charge in [-0.1, -0.05) is 6.07 Å². The molecule has 4 aromatic heterocycles. The first-order chi connectivity index (χ1) is 24.8. The van der Waals surface area contributed by atoms with Crippen LogP contribution in [0.15, 0.2) is 73.1 Å². The van der Waals surface area contributed by atoms with Crippen LogP contribution in [0.4, 0.5) is 0 Å². The molecule has 254 valence electrons. The van der Waals surface area contributed by atoms with Gasteiger partial charge in [-0.25, -0.2) is 9.97 Å². The molecule has 8 aromatic rings. The highest BCUT2D eigenvalue weighted by atomic mass is 16.5. The largest absolute Gasteiger partial charge is 0.494 e. The molecule has 0 amide bonds. The van der Waals surface area contributed by atoms with Gasteiger partial charge in [0.15, 0.2) is 0 Å². The van der Waals surface area contributed by atoms with Gasteiger partial charge in [0.2, 0.25) is 0 Å². The number of aromatic nitrogens is 6. The molecule has 1 unspecified atom stereocenters. The summed E-state index contributed by atoms with van der Waals surface area (Å²) < 4.78 is 6.03. The van der Waals surface area contributed by atoms with Crippen LogP contribution in [0.1, 0.15) is 63.4 Å². The molecule has 0 aliphatic heterocycles. The van der Waals surface area contributed by atoms with E-state index in [-0.39, 0.29) is 5.92 Å². The molecule has 0 spiro atoms. The highest BCUT2D eigenvalue weighted by molar-refractivity contribution is 5.90. The topological polar surface area (TPSA) is 158 Å². The number of likely N-dealkylation sites (N-methyl/N-ethyl adjacent to an activating group) is 1. The van der Waals surface area contributed by atoms with Gasteiger partial charge < -0.3 is 30.0 Å². The fourth-order valence-corrected chi connectivity index (χ4v) is 7.10. The summed E-state index contributed by atoms with van der Waals surface area (Å²) in [5.74, 6) is 2.63. The molecule has 0 saturated heterocycles. The number of nitrogens with zero attached hydrogens (tertiary/aromatic N) is 4. The van der Waals surface area contributed by atoms with E-state index in [1.165, 1.54) is 27.6 Å². The summed E-state index contributed by atoms with van der Waals surface area (Å²) in [5.41, 5.74) is 13.2. The highest BCUT2D eigenvalue weighted by Crippen LogP contribution is 2.39. The molecule has 51 heavy (non-hydrogen) atoms. The fraction of sp³-hybridized carbons (Fsp3) is 0.220. The number of nitriles is 2. The Hall–Kier alpha value is -6.36. The van der Waals surface area contributed by atoms with Crippen LogP contribution >= 0.6 is 0 Å². The molecule has 0 aliphatic carbocycles. The lowest BCUT2D eigenvalue weighted by Crippen LogP contribution is -2.20. The first-order valence-electron chi connectivity index (χ1n) is 17.0. The van der Waals surface area contributed by atoms with Crippen molar-refractivity contribution in [2.45, 2.75) is 40.0 Å². The Morgan fingerprint density at radius 1 is 0.765 bits per heavy atom. The van der Waals surface area contributed by atoms with E-state index in [1.54, 1.807) is 12.1 Å². The predicted octanol–water partition coefficient (Wildman–Crippen LogP) is 8.10. The Morgan fingerprint density at radius 3 is 2.06 bits per heavy atom. The maximum absolute atomic E-state index is 9.18. The SMILES string of the molecule is CCOc1cc(C)c2[nH]ccc2c1C(CNC)c1nc2ccc(C#N)cc2[nH]1.Cc1cc(C)c2[nH]ccc2c1Cc1nc2ccc(C#N)cc2[nH]1. The smallest absolute Gasteiger partial charge is 0.124 e. The Balaban J connectivity index is 0.000000162. The van der Waals surface area contributed by atoms with E-state index in [1.807, 2.05) is 50.6 Å². The number of ether oxygens (including phenoxy) is 1. The van der Waals surface area contributed by atoms with Crippen molar-refractivity contribution in [3.63, 3.8) is 0 Å². The molecule has 4 aromatic carbocycles. The predicted molar refractivity (Wildman–Crippen MR) is 202 cm³/mol. The van der Waals surface area contributed by atoms with Crippen LogP contribution in [0, 0.1) is 43.4 Å². The van der Waals surface area contributed by atoms with Crippen molar-refractivity contribution in [2.24, 2.45) is 0 Å². The molecular formula is C41H39N9O. The zero-order valence-corrected chi connectivity index (χ0v) is 29.3. The third-order valence-corrected chi connectivity index (χ3v) is 9.44. The van der Waals surface area contributed by atoms with Crippen LogP contribution < -0.4 is 10.1 Å². The Morgan fingerprint density at radius 2 is 1.39 bits per heavy atom. The molecule has 5 N–H and O–H groups in total. The van der Waals surface area contributed by atoms with Crippen molar-refractivity contribution in [3.8, 4) is 17.9 Å². The van der Waals surface area contributed by atoms with Gasteiger partial charge >= 0.3 is 0 Å². The summed E-state index contributed by atoms with van der Waals surface area (Å²) in [5, 5.41) is 23.9. The number of aromatic amines is 4. The molecule has 10 nitrogen and oxygen atoms in total. The second-order valence-corrected chi connectivity index (χ2v) is 12.8. The number of imidazole rings is 2. The van der Waals surface area contributed by atoms with Gasteiger partial charge in [0, 0.05) is 52.7 Å². The summed E-state index contributed by atoms with van der Waals surface area (Å²) in [6.07, 6.45) is 4.70. The second kappa shape index (κ2) is 13.9. The number of aryl methyl sites for hydroxylation is 3. The van der Waals surface area contributed by atoms with Crippen molar-refractivity contribution in [1.29, 1.82) is 10.5 Å². The number of H-pyrrole nitrogens is 4. The maximum atomic E-state index is 9.18. The molecule has 4 heterocycles. The summed E-state index contributed by atoms with van der Waals surface area (Å²) in [6, 6.07) is 23.9. The normalized spacial score (nSPS) is 11.8. The number of rotatable bonds is 8. The third kappa shape index (κ3) is 6.29. The Kier molecular flexibility index (Phi) is 9.01. The van der Waals surface area contributed by atoms with E-state index in [4.69, 9.17) is 15.0 Å². The van der Waals surface area contributed by atoms with Crippen LogP contribution in [0.5, 0.6) is 5.75 Å². The van der Waals surface area contributed by atoms with Crippen LogP contribution in [-0.4, -0.2) is 50.1 Å². The van der Waals surface area contributed by atoms with Gasteiger partial charge in [-0.05, 0) is 112 Å². The lowest BCUT2D eigenvalue weighted by atomic mass is 9.92. The minimum absolute atomic E-state index is 0.0246. The minimum Gasteiger partial charge on any atom is -0.494 e. The second-order valence-electron chi connectivity index (χ2n) is 12.8. The van der Waals surface area contributed by atoms with E-state index >= 15 is 0 Å². The molecule has 0 aliphatic rings. The van der Waals surface area contributed by atoms with Crippen molar-refractivity contribution >= 4 is 43.9 Å². The van der Waals surface area contributed by atoms with Gasteiger partial charge in [-0.15, -0.1) is 0 Å². The van der Waals surface area contributed by atoms with Crippen LogP contribution in [0.2, 0.25) is 0 Å². The van der Waals surface area contributed by atoms with Gasteiger partial charge in [-0.2, -0.15) is 10.5 Å². The third-order valence-electron chi connectivity index (χ3n) is 9.44. The average molecular weight is 674 g/mol. The highest BCUT2D eigenvalue weighted by Gasteiger charge is 2.25. The molecule has 0 fully saturated rings. The van der Waals surface area contributed by atoms with Crippen LogP contribution in [-0.2, 0) is 6.42 Å². The summed E-state index contributed by atoms with van der Waals surface area (Å²) >= 11 is 0. The molecule has 1 atom stereocenters. The molecule has 0 radical (unpaired) electrons. The fourth-order valence-electron chi connectivity index (χ4n) is 7.10. The lowest BCUT2D eigenvalue weighted by Gasteiger charge is -2.21. The zero-order chi connectivity index (χ0) is 35.6. The number of hydrogen-bond acceptors (Lipinski definition) is 6. The van der Waals surface area contributed by atoms with Gasteiger partial charge in [-0.3, -0.25) is 0 Å². The Bertz CT molecular complexity index is 2620. The molecule has 10 heteroatoms. The van der Waals surface area contributed by atoms with Crippen molar-refractivity contribution < 1.29 is 4.74 Å². The van der Waals surface area contributed by atoms with Gasteiger partial charge in [0.05, 0.1) is 57.9 Å². The molecular weight excluding hydrogens is 635 g/mol. The number of hydrogen-bond donors (Lipinski definition) is 5. The van der Waals surface area contributed by atoms with E-state index in [0.29, 0.717) is 24.3 Å². The first kappa shape index (κ1) is 33.2. The monoisotopic (exact) mass is 673 g/mol. The average Bonchev–Trinajstić information content (AvgIpc) is 3.95. The number of nitrogens with one attached hydrogen (secondary N) is 5. The van der Waals surface area contributed by atoms with E-state index < -0.39 is 0 Å². The first-order valence-corrected chi connectivity index (χ1v) is 17.0. The van der Waals surface area contributed by atoms with Crippen molar-refractivity contribution in [3.05, 3.63) is 124 Å². The number of fused-ring (bicyclic) bond motifs is 4. The van der Waals surface area contributed by atoms with Gasteiger partial charge in [0.1, 0.15) is 17.4 Å². The standard InChI is InChI=1S/C22H23N5O.C19H16N4/c1-4-28-19-9-13(2)21-15(7-8-25-21)20(19)16(12-24-3)22-26-17-6-5-14(11-23)10-18(17)27-22;1-11-7-12(2)19-14(5-6-21-19)15(11)9-18-22-16-4-3-13(10-20)8-17(16)23-18/h5-10,16,24-25H,4,12H2,1-3H3,(H,26,27);3-8,21H,9H2,1-2H3,(H,22,23). The van der Waals surface area contributed by atoms with E-state index in [0.717, 1.165) is 67.9 Å². The lowest BCUT2D eigenvalue weighted by molar-refractivity contribution is 0.335. The molecule has 8 rings (SSSR count). The van der Waals surface area contributed by atoms with E-state index in [2.05, 4.69) is 87.4 Å². The maximum Gasteiger partial charge on any atom is 0.124 e. The van der Waals surface area contributed by atoms with Crippen molar-refractivity contribution in [1.82, 2.24) is 35.2 Å². The summed E-state index contributed by atoms with van der Waals surface area (Å²) in [4.78, 5) is 22.9. The van der Waals surface area contributed by atoms with E-state index in [9.17, 15) is 5.26 Å². The number of benzene rings is 4. The quantitative estimate of drug-likeness (QED) is 0.110. The zero-order valence-electron chi connectivity index (χ0n) is 29.3. The van der Waals surface area contributed by atoms with Crippen LogP contribution in [0.25, 0.3) is 43.9 Å². The van der Waals surface area contributed by atoms with Gasteiger partial charge in [0.25, 0.3) is 0 Å². The molecule has 0 saturated carbocycles. The summed E-state index contributed by atoms with van der Waals surface area (Å²) in [6.45, 7) is 9.65. The molecule has 0 bridgehead atoms. The summed E-state index contributed by atoms with van der Waals surface area (Å²) in [7, 11) is 1.94. The van der Waals surface area contributed by atoms with Crippen molar-refractivity contribution in [2.75, 3.05) is 20.2 Å². The minimum atomic E-state index is -0.0246. The Labute approximate surface area is 295 Å². The van der Waals surface area contributed by atoms with Crippen LogP contribution in [0.3, 0.4) is 0 Å².